The van der Waals surface area contributed by atoms with E-state index < -0.39 is 0 Å². The second kappa shape index (κ2) is 9.57. The zero-order valence-corrected chi connectivity index (χ0v) is 16.6. The number of hydrogen-bond donors (Lipinski definition) is 3. The van der Waals surface area contributed by atoms with E-state index in [1.54, 1.807) is 14.2 Å². The molecule has 3 N–H and O–H groups in total. The zero-order chi connectivity index (χ0) is 19.8. The lowest BCUT2D eigenvalue weighted by Crippen LogP contribution is -2.47. The number of carbonyl (C=O) groups is 1. The zero-order valence-electron chi connectivity index (χ0n) is 16.6. The first-order valence-electron chi connectivity index (χ1n) is 9.64. The van der Waals surface area contributed by atoms with E-state index >= 15 is 0 Å². The fourth-order valence-corrected chi connectivity index (χ4v) is 3.62. The number of hydrogen-bond acceptors (Lipinski definition) is 5. The maximum atomic E-state index is 12.9. The summed E-state index contributed by atoms with van der Waals surface area (Å²) < 4.78 is 10.6. The number of para-hydroxylation sites is 1. The van der Waals surface area contributed by atoms with Gasteiger partial charge in [-0.3, -0.25) is 4.79 Å². The van der Waals surface area contributed by atoms with E-state index in [-0.39, 0.29) is 11.3 Å². The Morgan fingerprint density at radius 3 is 2.46 bits per heavy atom. The Balaban J connectivity index is 1.69. The molecule has 0 spiro atoms. The Labute approximate surface area is 166 Å². The molecule has 6 heteroatoms. The Morgan fingerprint density at radius 1 is 1.07 bits per heavy atom. The number of rotatable bonds is 8. The highest BCUT2D eigenvalue weighted by Crippen LogP contribution is 2.29. The molecule has 0 atom stereocenters. The highest BCUT2D eigenvalue weighted by Gasteiger charge is 2.32. The van der Waals surface area contributed by atoms with Crippen LogP contribution in [0.2, 0.25) is 0 Å². The number of carbonyl (C=O) groups excluding carboxylic acids is 1. The molecule has 0 aromatic heterocycles. The first kappa shape index (κ1) is 20.2. The maximum absolute atomic E-state index is 12.9. The molecule has 0 aliphatic carbocycles. The van der Waals surface area contributed by atoms with Gasteiger partial charge in [0.2, 0.25) is 0 Å². The molecule has 0 unspecified atom stereocenters. The minimum absolute atomic E-state index is 0.00594. The van der Waals surface area contributed by atoms with Crippen molar-refractivity contribution in [2.45, 2.75) is 12.8 Å². The fraction of sp³-hybridized carbons (Fsp3) is 0.409. The third-order valence-electron chi connectivity index (χ3n) is 5.28. The third kappa shape index (κ3) is 5.03. The van der Waals surface area contributed by atoms with Gasteiger partial charge in [-0.05, 0) is 62.3 Å². The molecule has 3 rings (SSSR count). The summed E-state index contributed by atoms with van der Waals surface area (Å²) in [7, 11) is 3.36. The normalized spacial score (nSPS) is 15.6. The van der Waals surface area contributed by atoms with Crippen LogP contribution in [0.25, 0.3) is 0 Å². The van der Waals surface area contributed by atoms with Crippen molar-refractivity contribution >= 4 is 17.3 Å². The molecule has 1 aliphatic rings. The second-order valence-electron chi connectivity index (χ2n) is 7.26. The van der Waals surface area contributed by atoms with Gasteiger partial charge in [0.25, 0.3) is 5.91 Å². The summed E-state index contributed by atoms with van der Waals surface area (Å²) in [6.45, 7) is 3.17. The molecule has 1 fully saturated rings. The molecule has 2 aromatic carbocycles. The number of anilines is 2. The van der Waals surface area contributed by atoms with Gasteiger partial charge in [-0.1, -0.05) is 12.1 Å². The highest BCUT2D eigenvalue weighted by atomic mass is 16.5. The average molecular weight is 383 g/mol. The van der Waals surface area contributed by atoms with Gasteiger partial charge in [-0.25, -0.2) is 0 Å². The third-order valence-corrected chi connectivity index (χ3v) is 5.28. The SMILES string of the molecule is COCC1(CNC(=O)c2ccccc2Nc2ccc(OC)cc2)CCNCC1. The van der Waals surface area contributed by atoms with Crippen LogP contribution in [-0.4, -0.2) is 46.4 Å². The van der Waals surface area contributed by atoms with E-state index in [1.165, 1.54) is 0 Å². The van der Waals surface area contributed by atoms with Gasteiger partial charge >= 0.3 is 0 Å². The van der Waals surface area contributed by atoms with Crippen molar-refractivity contribution in [3.8, 4) is 5.75 Å². The van der Waals surface area contributed by atoms with E-state index in [4.69, 9.17) is 9.47 Å². The van der Waals surface area contributed by atoms with Crippen LogP contribution in [0, 0.1) is 5.41 Å². The fourth-order valence-electron chi connectivity index (χ4n) is 3.62. The summed E-state index contributed by atoms with van der Waals surface area (Å²) in [6.07, 6.45) is 1.99. The minimum Gasteiger partial charge on any atom is -0.497 e. The second-order valence-corrected chi connectivity index (χ2v) is 7.26. The lowest BCUT2D eigenvalue weighted by molar-refractivity contribution is 0.0512. The van der Waals surface area contributed by atoms with Crippen LogP contribution in [0.1, 0.15) is 23.2 Å². The monoisotopic (exact) mass is 383 g/mol. The number of methoxy groups -OCH3 is 2. The Bertz CT molecular complexity index is 765. The molecule has 6 nitrogen and oxygen atoms in total. The van der Waals surface area contributed by atoms with E-state index in [0.29, 0.717) is 18.7 Å². The van der Waals surface area contributed by atoms with Gasteiger partial charge in [-0.2, -0.15) is 0 Å². The van der Waals surface area contributed by atoms with Crippen LogP contribution in [0.3, 0.4) is 0 Å². The number of benzene rings is 2. The Morgan fingerprint density at radius 2 is 1.79 bits per heavy atom. The number of nitrogens with one attached hydrogen (secondary N) is 3. The summed E-state index contributed by atoms with van der Waals surface area (Å²) >= 11 is 0. The molecule has 1 heterocycles. The molecule has 1 amide bonds. The molecule has 2 aromatic rings. The predicted octanol–water partition coefficient (Wildman–Crippen LogP) is 3.18. The summed E-state index contributed by atoms with van der Waals surface area (Å²) in [4.78, 5) is 12.9. The molecule has 0 saturated carbocycles. The van der Waals surface area contributed by atoms with Gasteiger partial charge in [0.15, 0.2) is 0 Å². The minimum atomic E-state index is -0.0781. The van der Waals surface area contributed by atoms with Gasteiger partial charge in [-0.15, -0.1) is 0 Å². The van der Waals surface area contributed by atoms with E-state index in [9.17, 15) is 4.79 Å². The molecular weight excluding hydrogens is 354 g/mol. The number of piperidine rings is 1. The lowest BCUT2D eigenvalue weighted by atomic mass is 9.79. The van der Waals surface area contributed by atoms with Crippen LogP contribution >= 0.6 is 0 Å². The van der Waals surface area contributed by atoms with Crippen molar-refractivity contribution < 1.29 is 14.3 Å². The van der Waals surface area contributed by atoms with E-state index in [1.807, 2.05) is 48.5 Å². The number of amides is 1. The van der Waals surface area contributed by atoms with Crippen molar-refractivity contribution in [3.63, 3.8) is 0 Å². The van der Waals surface area contributed by atoms with E-state index in [2.05, 4.69) is 16.0 Å². The lowest BCUT2D eigenvalue weighted by Gasteiger charge is -2.37. The van der Waals surface area contributed by atoms with Crippen LogP contribution in [0.15, 0.2) is 48.5 Å². The van der Waals surface area contributed by atoms with Crippen LogP contribution in [0.5, 0.6) is 5.75 Å². The van der Waals surface area contributed by atoms with Crippen molar-refractivity contribution in [3.05, 3.63) is 54.1 Å². The molecule has 28 heavy (non-hydrogen) atoms. The van der Waals surface area contributed by atoms with E-state index in [0.717, 1.165) is 43.1 Å². The van der Waals surface area contributed by atoms with Crippen LogP contribution in [0.4, 0.5) is 11.4 Å². The Kier molecular flexibility index (Phi) is 6.90. The predicted molar refractivity (Wildman–Crippen MR) is 111 cm³/mol. The number of ether oxygens (including phenoxy) is 2. The summed E-state index contributed by atoms with van der Waals surface area (Å²) in [5, 5.41) is 9.83. The van der Waals surface area contributed by atoms with Crippen molar-refractivity contribution in [1.82, 2.24) is 10.6 Å². The van der Waals surface area contributed by atoms with Crippen molar-refractivity contribution in [2.75, 3.05) is 45.8 Å². The topological polar surface area (TPSA) is 71.6 Å². The molecular formula is C22H29N3O3. The summed E-state index contributed by atoms with van der Waals surface area (Å²) in [5.74, 6) is 0.715. The molecule has 0 bridgehead atoms. The molecule has 1 aliphatic heterocycles. The van der Waals surface area contributed by atoms with Crippen LogP contribution < -0.4 is 20.7 Å². The van der Waals surface area contributed by atoms with Crippen LogP contribution in [-0.2, 0) is 4.74 Å². The molecule has 0 radical (unpaired) electrons. The van der Waals surface area contributed by atoms with Crippen molar-refractivity contribution in [2.24, 2.45) is 5.41 Å². The first-order chi connectivity index (χ1) is 13.7. The van der Waals surface area contributed by atoms with Crippen molar-refractivity contribution in [1.29, 1.82) is 0 Å². The Hall–Kier alpha value is -2.57. The summed E-state index contributed by atoms with van der Waals surface area (Å²) in [5.41, 5.74) is 2.29. The highest BCUT2D eigenvalue weighted by molar-refractivity contribution is 6.00. The smallest absolute Gasteiger partial charge is 0.253 e. The van der Waals surface area contributed by atoms with Gasteiger partial charge < -0.3 is 25.4 Å². The summed E-state index contributed by atoms with van der Waals surface area (Å²) in [6, 6.07) is 15.2. The molecule has 150 valence electrons. The standard InChI is InChI=1S/C22H29N3O3/c1-27-16-22(11-13-23-14-12-22)15-24-21(26)19-5-3-4-6-20(19)25-17-7-9-18(28-2)10-8-17/h3-10,23,25H,11-16H2,1-2H3,(H,24,26). The average Bonchev–Trinajstić information content (AvgIpc) is 2.74. The first-order valence-corrected chi connectivity index (χ1v) is 9.64. The quantitative estimate of drug-likeness (QED) is 0.653. The van der Waals surface area contributed by atoms with Gasteiger partial charge in [0.1, 0.15) is 5.75 Å². The van der Waals surface area contributed by atoms with Gasteiger partial charge in [0, 0.05) is 24.8 Å². The van der Waals surface area contributed by atoms with Gasteiger partial charge in [0.05, 0.1) is 25.0 Å². The maximum Gasteiger partial charge on any atom is 0.253 e. The molecule has 1 saturated heterocycles. The largest absolute Gasteiger partial charge is 0.497 e.